The number of aromatic nitrogens is 2. The third-order valence-electron chi connectivity index (χ3n) is 1.69. The van der Waals surface area contributed by atoms with E-state index in [1.54, 1.807) is 12.1 Å². The minimum absolute atomic E-state index is 0. The Labute approximate surface area is 118 Å². The van der Waals surface area contributed by atoms with Crippen LogP contribution in [0.25, 0.3) is 15.1 Å². The molecule has 0 aliphatic carbocycles. The molecule has 6 nitrogen and oxygen atoms in total. The predicted octanol–water partition coefficient (Wildman–Crippen LogP) is -1.68. The molecular weight excluding hydrogens is 261 g/mol. The third-order valence-corrected chi connectivity index (χ3v) is 3.61. The molecule has 9 heteroatoms. The Balaban J connectivity index is 0.00000128. The maximum absolute atomic E-state index is 11.6. The van der Waals surface area contributed by atoms with Gasteiger partial charge < -0.3 is 9.72 Å². The molecule has 1 heterocycles. The van der Waals surface area contributed by atoms with Gasteiger partial charge in [-0.3, -0.25) is 0 Å². The molecule has 16 heavy (non-hydrogen) atoms. The van der Waals surface area contributed by atoms with Crippen molar-refractivity contribution in [1.82, 2.24) is 9.59 Å². The molecule has 0 N–H and O–H groups in total. The Hall–Kier alpha value is -0.0900. The molecule has 0 saturated heterocycles. The average Bonchev–Trinajstić information content (AvgIpc) is 2.64. The molecule has 0 fully saturated rings. The molecule has 1 aromatic carbocycles. The van der Waals surface area contributed by atoms with Crippen LogP contribution in [0.15, 0.2) is 23.1 Å². The SMILES string of the molecule is CO[N-]S(=O)(=O)c1cccc2snnc12.[Na+]. The summed E-state index contributed by atoms with van der Waals surface area (Å²) in [5, 5.41) is 3.74. The van der Waals surface area contributed by atoms with Crippen molar-refractivity contribution in [2.24, 2.45) is 0 Å². The van der Waals surface area contributed by atoms with Crippen LogP contribution in [0.5, 0.6) is 0 Å². The molecule has 1 aromatic heterocycles. The summed E-state index contributed by atoms with van der Waals surface area (Å²) < 4.78 is 27.6. The summed E-state index contributed by atoms with van der Waals surface area (Å²) in [4.78, 5) is 7.35. The zero-order valence-electron chi connectivity index (χ0n) is 8.61. The largest absolute Gasteiger partial charge is 1.00 e. The maximum atomic E-state index is 11.6. The van der Waals surface area contributed by atoms with Gasteiger partial charge in [-0.05, 0) is 23.7 Å². The average molecular weight is 267 g/mol. The van der Waals surface area contributed by atoms with Gasteiger partial charge >= 0.3 is 29.6 Å². The summed E-state index contributed by atoms with van der Waals surface area (Å²) in [6, 6.07) is 4.77. The molecule has 0 saturated carbocycles. The molecule has 0 unspecified atom stereocenters. The normalized spacial score (nSPS) is 11.3. The number of nitrogens with zero attached hydrogens (tertiary/aromatic N) is 3. The first-order chi connectivity index (χ1) is 7.15. The van der Waals surface area contributed by atoms with E-state index in [0.717, 1.165) is 11.5 Å². The van der Waals surface area contributed by atoms with Gasteiger partial charge in [-0.1, -0.05) is 10.6 Å². The first kappa shape index (κ1) is 14.0. The van der Waals surface area contributed by atoms with Crippen molar-refractivity contribution < 1.29 is 42.8 Å². The van der Waals surface area contributed by atoms with Gasteiger partial charge in [-0.25, -0.2) is 8.42 Å². The van der Waals surface area contributed by atoms with Gasteiger partial charge in [0.1, 0.15) is 15.5 Å². The van der Waals surface area contributed by atoms with E-state index in [1.165, 1.54) is 13.2 Å². The molecule has 0 bridgehead atoms. The first-order valence-corrected chi connectivity index (χ1v) is 6.08. The van der Waals surface area contributed by atoms with Crippen LogP contribution >= 0.6 is 11.5 Å². The van der Waals surface area contributed by atoms with Gasteiger partial charge in [0.2, 0.25) is 0 Å². The predicted molar refractivity (Wildman–Crippen MR) is 55.0 cm³/mol. The number of rotatable bonds is 3. The van der Waals surface area contributed by atoms with Crippen LogP contribution in [0.1, 0.15) is 0 Å². The number of hydrogen-bond donors (Lipinski definition) is 0. The fourth-order valence-corrected chi connectivity index (χ4v) is 2.70. The summed E-state index contributed by atoms with van der Waals surface area (Å²) in [5.74, 6) is 0. The van der Waals surface area contributed by atoms with Crippen LogP contribution < -0.4 is 29.6 Å². The second-order valence-corrected chi connectivity index (χ2v) is 4.93. The maximum Gasteiger partial charge on any atom is 1.00 e. The Kier molecular flexibility index (Phi) is 4.80. The van der Waals surface area contributed by atoms with Crippen molar-refractivity contribution in [3.05, 3.63) is 23.1 Å². The molecule has 0 aliphatic rings. The van der Waals surface area contributed by atoms with Crippen molar-refractivity contribution in [3.63, 3.8) is 0 Å². The molecule has 0 amide bonds. The number of sulfonamides is 1. The van der Waals surface area contributed by atoms with Crippen molar-refractivity contribution in [2.45, 2.75) is 4.90 Å². The van der Waals surface area contributed by atoms with E-state index in [-0.39, 0.29) is 34.5 Å². The summed E-state index contributed by atoms with van der Waals surface area (Å²) in [5.41, 5.74) is 0.323. The Morgan fingerprint density at radius 1 is 1.44 bits per heavy atom. The van der Waals surface area contributed by atoms with Crippen LogP contribution in [0.2, 0.25) is 0 Å². The molecule has 0 aliphatic heterocycles. The number of fused-ring (bicyclic) bond motifs is 1. The molecule has 0 radical (unpaired) electrons. The van der Waals surface area contributed by atoms with Crippen molar-refractivity contribution in [1.29, 1.82) is 0 Å². The Morgan fingerprint density at radius 3 is 2.88 bits per heavy atom. The van der Waals surface area contributed by atoms with Gasteiger partial charge in [-0.2, -0.15) is 0 Å². The van der Waals surface area contributed by atoms with E-state index < -0.39 is 10.0 Å². The minimum atomic E-state index is -3.80. The van der Waals surface area contributed by atoms with E-state index in [2.05, 4.69) is 19.3 Å². The van der Waals surface area contributed by atoms with Crippen LogP contribution in [0.4, 0.5) is 0 Å². The second kappa shape index (κ2) is 5.50. The van der Waals surface area contributed by atoms with Crippen LogP contribution in [0.3, 0.4) is 0 Å². The zero-order chi connectivity index (χ0) is 10.9. The number of hydrogen-bond acceptors (Lipinski definition) is 6. The molecule has 2 rings (SSSR count). The first-order valence-electron chi connectivity index (χ1n) is 3.87. The summed E-state index contributed by atoms with van der Waals surface area (Å²) in [6.45, 7) is 0. The minimum Gasteiger partial charge on any atom is -0.474 e. The number of benzene rings is 1. The summed E-state index contributed by atoms with van der Waals surface area (Å²) in [6.07, 6.45) is 0. The fourth-order valence-electron chi connectivity index (χ4n) is 1.13. The topological polar surface area (TPSA) is 83.3 Å². The molecule has 2 aromatic rings. The van der Waals surface area contributed by atoms with E-state index in [4.69, 9.17) is 0 Å². The van der Waals surface area contributed by atoms with Crippen LogP contribution in [-0.4, -0.2) is 25.1 Å². The van der Waals surface area contributed by atoms with Gasteiger partial charge in [0.15, 0.2) is 0 Å². The Morgan fingerprint density at radius 2 is 2.19 bits per heavy atom. The quantitative estimate of drug-likeness (QED) is 0.490. The Bertz CT molecular complexity index is 583. The third kappa shape index (κ3) is 2.59. The zero-order valence-corrected chi connectivity index (χ0v) is 12.2. The fraction of sp³-hybridized carbons (Fsp3) is 0.143. The van der Waals surface area contributed by atoms with Gasteiger partial charge in [0.25, 0.3) is 0 Å². The standard InChI is InChI=1S/C7H6N3O3S2.Na/c1-13-10-15(11,12)6-4-2-3-5-7(6)8-9-14-5;/h2-4H,1H3;/q-1;+1. The van der Waals surface area contributed by atoms with Gasteiger partial charge in [-0.15, -0.1) is 5.10 Å². The van der Waals surface area contributed by atoms with E-state index in [0.29, 0.717) is 10.2 Å². The molecular formula is C7H6N3NaO3S2. The van der Waals surface area contributed by atoms with Crippen LogP contribution in [-0.2, 0) is 14.9 Å². The van der Waals surface area contributed by atoms with Gasteiger partial charge in [0.05, 0.1) is 9.60 Å². The smallest absolute Gasteiger partial charge is 0.474 e. The monoisotopic (exact) mass is 267 g/mol. The van der Waals surface area contributed by atoms with E-state index in [1.807, 2.05) is 0 Å². The van der Waals surface area contributed by atoms with Gasteiger partial charge in [0, 0.05) is 7.11 Å². The van der Waals surface area contributed by atoms with Crippen LogP contribution in [0, 0.1) is 0 Å². The molecule has 0 spiro atoms. The van der Waals surface area contributed by atoms with E-state index >= 15 is 0 Å². The molecule has 80 valence electrons. The van der Waals surface area contributed by atoms with Crippen molar-refractivity contribution in [2.75, 3.05) is 7.11 Å². The summed E-state index contributed by atoms with van der Waals surface area (Å²) in [7, 11) is -2.62. The van der Waals surface area contributed by atoms with Crippen molar-refractivity contribution >= 4 is 31.8 Å². The van der Waals surface area contributed by atoms with E-state index in [9.17, 15) is 8.42 Å². The second-order valence-electron chi connectivity index (χ2n) is 2.61. The summed E-state index contributed by atoms with van der Waals surface area (Å²) >= 11 is 1.13. The van der Waals surface area contributed by atoms with Crippen molar-refractivity contribution in [3.8, 4) is 0 Å². The molecule has 0 atom stereocenters.